The Morgan fingerprint density at radius 1 is 1.30 bits per heavy atom. The van der Waals surface area contributed by atoms with Crippen molar-refractivity contribution >= 4 is 0 Å². The van der Waals surface area contributed by atoms with Crippen LogP contribution in [-0.4, -0.2) is 48.6 Å². The van der Waals surface area contributed by atoms with Crippen LogP contribution in [0.2, 0.25) is 0 Å². The van der Waals surface area contributed by atoms with E-state index in [0.29, 0.717) is 5.92 Å². The van der Waals surface area contributed by atoms with Crippen LogP contribution in [0.3, 0.4) is 0 Å². The van der Waals surface area contributed by atoms with Crippen LogP contribution in [0.15, 0.2) is 30.3 Å². The van der Waals surface area contributed by atoms with E-state index in [1.54, 1.807) is 0 Å². The molecular formula is C17H29N3. The summed E-state index contributed by atoms with van der Waals surface area (Å²) in [5.41, 5.74) is 7.69. The van der Waals surface area contributed by atoms with Gasteiger partial charge in [-0.25, -0.2) is 0 Å². The number of nitrogens with zero attached hydrogens (tertiary/aromatic N) is 2. The van der Waals surface area contributed by atoms with Crippen LogP contribution in [0.1, 0.15) is 25.8 Å². The van der Waals surface area contributed by atoms with E-state index in [0.717, 1.165) is 32.7 Å². The SMILES string of the molecule is CC(C)CN(C)C1(CN)CCN(Cc2ccccc2)C1. The van der Waals surface area contributed by atoms with Gasteiger partial charge in [0, 0.05) is 38.3 Å². The van der Waals surface area contributed by atoms with E-state index in [1.807, 2.05) is 0 Å². The Morgan fingerprint density at radius 2 is 2.00 bits per heavy atom. The lowest BCUT2D eigenvalue weighted by atomic mass is 9.95. The van der Waals surface area contributed by atoms with Gasteiger partial charge in [0.25, 0.3) is 0 Å². The molecule has 1 aliphatic rings. The molecule has 0 aliphatic carbocycles. The van der Waals surface area contributed by atoms with Crippen molar-refractivity contribution in [1.82, 2.24) is 9.80 Å². The highest BCUT2D eigenvalue weighted by Crippen LogP contribution is 2.28. The minimum atomic E-state index is 0.166. The van der Waals surface area contributed by atoms with E-state index in [4.69, 9.17) is 5.73 Å². The molecule has 2 rings (SSSR count). The zero-order chi connectivity index (χ0) is 14.6. The maximum atomic E-state index is 6.13. The normalized spacial score (nSPS) is 23.9. The highest BCUT2D eigenvalue weighted by Gasteiger charge is 2.40. The highest BCUT2D eigenvalue weighted by atomic mass is 15.3. The fourth-order valence-electron chi connectivity index (χ4n) is 3.29. The second kappa shape index (κ2) is 6.70. The van der Waals surface area contributed by atoms with Crippen LogP contribution < -0.4 is 5.73 Å². The summed E-state index contributed by atoms with van der Waals surface area (Å²) in [6.45, 7) is 9.70. The van der Waals surface area contributed by atoms with Crippen molar-refractivity contribution in [1.29, 1.82) is 0 Å². The topological polar surface area (TPSA) is 32.5 Å². The van der Waals surface area contributed by atoms with E-state index < -0.39 is 0 Å². The molecule has 1 aromatic rings. The van der Waals surface area contributed by atoms with Gasteiger partial charge in [-0.1, -0.05) is 44.2 Å². The molecule has 1 aliphatic heterocycles. The number of benzene rings is 1. The molecule has 0 spiro atoms. The van der Waals surface area contributed by atoms with Crippen LogP contribution in [0.4, 0.5) is 0 Å². The number of likely N-dealkylation sites (tertiary alicyclic amines) is 1. The first-order valence-corrected chi connectivity index (χ1v) is 7.73. The third-order valence-electron chi connectivity index (χ3n) is 4.49. The maximum Gasteiger partial charge on any atom is 0.0467 e. The van der Waals surface area contributed by atoms with Gasteiger partial charge in [-0.2, -0.15) is 0 Å². The molecular weight excluding hydrogens is 246 g/mol. The van der Waals surface area contributed by atoms with E-state index in [1.165, 1.54) is 12.0 Å². The van der Waals surface area contributed by atoms with Crippen molar-refractivity contribution in [3.63, 3.8) is 0 Å². The standard InChI is InChI=1S/C17H29N3/c1-15(2)11-19(3)17(13-18)9-10-20(14-17)12-16-7-5-4-6-8-16/h4-8,15H,9-14,18H2,1-3H3. The van der Waals surface area contributed by atoms with Gasteiger partial charge in [-0.05, 0) is 24.9 Å². The molecule has 1 saturated heterocycles. The third-order valence-corrected chi connectivity index (χ3v) is 4.49. The largest absolute Gasteiger partial charge is 0.329 e. The molecule has 1 aromatic carbocycles. The summed E-state index contributed by atoms with van der Waals surface area (Å²) in [6.07, 6.45) is 1.18. The van der Waals surface area contributed by atoms with Crippen LogP contribution in [0, 0.1) is 5.92 Å². The van der Waals surface area contributed by atoms with Gasteiger partial charge in [0.05, 0.1) is 0 Å². The molecule has 1 atom stereocenters. The van der Waals surface area contributed by atoms with Gasteiger partial charge >= 0.3 is 0 Å². The van der Waals surface area contributed by atoms with Crippen molar-refractivity contribution in [3.05, 3.63) is 35.9 Å². The fraction of sp³-hybridized carbons (Fsp3) is 0.647. The summed E-state index contributed by atoms with van der Waals surface area (Å²) >= 11 is 0. The number of rotatable bonds is 6. The zero-order valence-corrected chi connectivity index (χ0v) is 13.2. The molecule has 0 amide bonds. The first-order chi connectivity index (χ1) is 9.55. The number of hydrogen-bond acceptors (Lipinski definition) is 3. The molecule has 2 N–H and O–H groups in total. The highest BCUT2D eigenvalue weighted by molar-refractivity contribution is 5.15. The van der Waals surface area contributed by atoms with Crippen molar-refractivity contribution in [2.24, 2.45) is 11.7 Å². The number of hydrogen-bond donors (Lipinski definition) is 1. The van der Waals surface area contributed by atoms with Crippen molar-refractivity contribution in [3.8, 4) is 0 Å². The van der Waals surface area contributed by atoms with E-state index in [2.05, 4.69) is 61.0 Å². The summed E-state index contributed by atoms with van der Waals surface area (Å²) in [5, 5.41) is 0. The molecule has 0 saturated carbocycles. The summed E-state index contributed by atoms with van der Waals surface area (Å²) in [4.78, 5) is 5.03. The minimum Gasteiger partial charge on any atom is -0.329 e. The molecule has 3 nitrogen and oxygen atoms in total. The first-order valence-electron chi connectivity index (χ1n) is 7.73. The van der Waals surface area contributed by atoms with Gasteiger partial charge in [-0.15, -0.1) is 0 Å². The Labute approximate surface area is 123 Å². The maximum absolute atomic E-state index is 6.13. The fourth-order valence-corrected chi connectivity index (χ4v) is 3.29. The average molecular weight is 275 g/mol. The summed E-state index contributed by atoms with van der Waals surface area (Å²) < 4.78 is 0. The summed E-state index contributed by atoms with van der Waals surface area (Å²) in [5.74, 6) is 0.687. The molecule has 20 heavy (non-hydrogen) atoms. The van der Waals surface area contributed by atoms with Crippen molar-refractivity contribution < 1.29 is 0 Å². The van der Waals surface area contributed by atoms with Crippen molar-refractivity contribution in [2.45, 2.75) is 32.4 Å². The Kier molecular flexibility index (Phi) is 5.19. The van der Waals surface area contributed by atoms with E-state index in [9.17, 15) is 0 Å². The quantitative estimate of drug-likeness (QED) is 0.863. The Bertz CT molecular complexity index is 404. The van der Waals surface area contributed by atoms with Crippen molar-refractivity contribution in [2.75, 3.05) is 33.2 Å². The van der Waals surface area contributed by atoms with Crippen LogP contribution >= 0.6 is 0 Å². The second-order valence-corrected chi connectivity index (χ2v) is 6.65. The molecule has 3 heteroatoms. The molecule has 0 aromatic heterocycles. The number of likely N-dealkylation sites (N-methyl/N-ethyl adjacent to an activating group) is 1. The second-order valence-electron chi connectivity index (χ2n) is 6.65. The molecule has 1 heterocycles. The summed E-state index contributed by atoms with van der Waals surface area (Å²) in [6, 6.07) is 10.7. The van der Waals surface area contributed by atoms with E-state index in [-0.39, 0.29) is 5.54 Å². The average Bonchev–Trinajstić information content (AvgIpc) is 2.84. The molecule has 1 unspecified atom stereocenters. The monoisotopic (exact) mass is 275 g/mol. The Balaban J connectivity index is 1.98. The Hall–Kier alpha value is -0.900. The van der Waals surface area contributed by atoms with Gasteiger partial charge < -0.3 is 5.73 Å². The van der Waals surface area contributed by atoms with Gasteiger partial charge in [0.1, 0.15) is 0 Å². The minimum absolute atomic E-state index is 0.166. The predicted octanol–water partition coefficient (Wildman–Crippen LogP) is 2.18. The lowest BCUT2D eigenvalue weighted by Gasteiger charge is -2.39. The third kappa shape index (κ3) is 3.60. The van der Waals surface area contributed by atoms with Crippen LogP contribution in [0.25, 0.3) is 0 Å². The zero-order valence-electron chi connectivity index (χ0n) is 13.2. The first kappa shape index (κ1) is 15.5. The Morgan fingerprint density at radius 3 is 2.60 bits per heavy atom. The lowest BCUT2D eigenvalue weighted by Crippen LogP contribution is -2.54. The van der Waals surface area contributed by atoms with Crippen LogP contribution in [0.5, 0.6) is 0 Å². The van der Waals surface area contributed by atoms with Gasteiger partial charge in [0.2, 0.25) is 0 Å². The van der Waals surface area contributed by atoms with Crippen LogP contribution in [-0.2, 0) is 6.54 Å². The van der Waals surface area contributed by atoms with E-state index >= 15 is 0 Å². The molecule has 112 valence electrons. The lowest BCUT2D eigenvalue weighted by molar-refractivity contribution is 0.114. The smallest absolute Gasteiger partial charge is 0.0467 e. The molecule has 0 bridgehead atoms. The summed E-state index contributed by atoms with van der Waals surface area (Å²) in [7, 11) is 2.23. The predicted molar refractivity (Wildman–Crippen MR) is 85.6 cm³/mol. The molecule has 1 fully saturated rings. The number of nitrogens with two attached hydrogens (primary N) is 1. The molecule has 0 radical (unpaired) electrons. The van der Waals surface area contributed by atoms with Gasteiger partial charge in [0.15, 0.2) is 0 Å². The van der Waals surface area contributed by atoms with Gasteiger partial charge in [-0.3, -0.25) is 9.80 Å².